The quantitative estimate of drug-likeness (QED) is 0.829. The van der Waals surface area contributed by atoms with Gasteiger partial charge in [0.1, 0.15) is 0 Å². The summed E-state index contributed by atoms with van der Waals surface area (Å²) in [5.41, 5.74) is 0.520. The second-order valence-electron chi connectivity index (χ2n) is 8.05. The smallest absolute Gasteiger partial charge is 0.308 e. The van der Waals surface area contributed by atoms with Crippen LogP contribution in [0.5, 0.6) is 11.5 Å². The Labute approximate surface area is 159 Å². The third-order valence-corrected chi connectivity index (χ3v) is 6.20. The van der Waals surface area contributed by atoms with Crippen molar-refractivity contribution in [2.75, 3.05) is 20.2 Å². The number of rotatable bonds is 6. The van der Waals surface area contributed by atoms with Gasteiger partial charge in [0.15, 0.2) is 11.5 Å². The first-order valence-corrected chi connectivity index (χ1v) is 9.93. The molecular formula is C21H27NO5. The Kier molecular flexibility index (Phi) is 4.98. The van der Waals surface area contributed by atoms with Crippen LogP contribution in [0.4, 0.5) is 0 Å². The van der Waals surface area contributed by atoms with E-state index in [1.165, 1.54) is 12.8 Å². The Hall–Kier alpha value is -2.24. The molecule has 3 aliphatic rings. The van der Waals surface area contributed by atoms with Gasteiger partial charge >= 0.3 is 5.97 Å². The molecule has 1 amide bonds. The molecule has 2 saturated carbocycles. The third kappa shape index (κ3) is 3.75. The molecule has 3 fully saturated rings. The lowest BCUT2D eigenvalue weighted by Crippen LogP contribution is -2.30. The number of likely N-dealkylation sites (tertiary alicyclic amines) is 1. The molecule has 0 bridgehead atoms. The van der Waals surface area contributed by atoms with E-state index in [4.69, 9.17) is 9.47 Å². The van der Waals surface area contributed by atoms with E-state index >= 15 is 0 Å². The number of hydrogen-bond acceptors (Lipinski definition) is 4. The molecule has 6 nitrogen and oxygen atoms in total. The standard InChI is InChI=1S/C21H27NO5/c1-26-19-10-14(8-9-18(19)27-15-4-2-3-5-15)20(23)22-11-16(13-6-7-13)17(12-22)21(24)25/h8-10,13,15-17H,2-7,11-12H2,1H3,(H,24,25)/t16-,17+/m1/s1. The second kappa shape index (κ2) is 7.41. The van der Waals surface area contributed by atoms with E-state index in [-0.39, 0.29) is 24.5 Å². The molecule has 0 radical (unpaired) electrons. The average Bonchev–Trinajstić information content (AvgIpc) is 3.20. The van der Waals surface area contributed by atoms with Crippen molar-refractivity contribution in [1.82, 2.24) is 4.90 Å². The minimum atomic E-state index is -0.792. The molecule has 0 aromatic heterocycles. The molecule has 2 aliphatic carbocycles. The van der Waals surface area contributed by atoms with Crippen molar-refractivity contribution < 1.29 is 24.2 Å². The van der Waals surface area contributed by atoms with E-state index in [1.807, 2.05) is 0 Å². The van der Waals surface area contributed by atoms with Gasteiger partial charge in [-0.3, -0.25) is 9.59 Å². The predicted octanol–water partition coefficient (Wildman–Crippen LogP) is 3.20. The number of carbonyl (C=O) groups is 2. The first kappa shape index (κ1) is 18.1. The van der Waals surface area contributed by atoms with Crippen molar-refractivity contribution in [3.8, 4) is 11.5 Å². The Bertz CT molecular complexity index is 723. The topological polar surface area (TPSA) is 76.1 Å². The fraction of sp³-hybridized carbons (Fsp3) is 0.619. The van der Waals surface area contributed by atoms with E-state index < -0.39 is 11.9 Å². The van der Waals surface area contributed by atoms with Crippen LogP contribution in [-0.2, 0) is 4.79 Å². The highest BCUT2D eigenvalue weighted by Crippen LogP contribution is 2.44. The van der Waals surface area contributed by atoms with E-state index in [0.29, 0.717) is 29.5 Å². The number of amides is 1. The fourth-order valence-electron chi connectivity index (χ4n) is 4.52. The minimum absolute atomic E-state index is 0.0818. The van der Waals surface area contributed by atoms with E-state index in [1.54, 1.807) is 30.2 Å². The van der Waals surface area contributed by atoms with Crippen molar-refractivity contribution in [2.45, 2.75) is 44.6 Å². The van der Waals surface area contributed by atoms with Gasteiger partial charge in [0, 0.05) is 18.7 Å². The van der Waals surface area contributed by atoms with E-state index in [2.05, 4.69) is 0 Å². The number of benzene rings is 1. The van der Waals surface area contributed by atoms with Crippen molar-refractivity contribution >= 4 is 11.9 Å². The van der Waals surface area contributed by atoms with Crippen LogP contribution in [0.3, 0.4) is 0 Å². The van der Waals surface area contributed by atoms with Gasteiger partial charge < -0.3 is 19.5 Å². The molecule has 1 saturated heterocycles. The maximum absolute atomic E-state index is 13.0. The van der Waals surface area contributed by atoms with Crippen LogP contribution in [0.2, 0.25) is 0 Å². The molecular weight excluding hydrogens is 346 g/mol. The van der Waals surface area contributed by atoms with Crippen LogP contribution in [0.1, 0.15) is 48.9 Å². The summed E-state index contributed by atoms with van der Waals surface area (Å²) in [6.45, 7) is 0.821. The minimum Gasteiger partial charge on any atom is -0.493 e. The lowest BCUT2D eigenvalue weighted by atomic mass is 9.92. The SMILES string of the molecule is COc1cc(C(=O)N2C[C@H](C(=O)O)[C@@H](C3CC3)C2)ccc1OC1CCCC1. The highest BCUT2D eigenvalue weighted by Gasteiger charge is 2.47. The highest BCUT2D eigenvalue weighted by molar-refractivity contribution is 5.95. The van der Waals surface area contributed by atoms with Crippen LogP contribution < -0.4 is 9.47 Å². The number of nitrogens with zero attached hydrogens (tertiary/aromatic N) is 1. The summed E-state index contributed by atoms with van der Waals surface area (Å²) in [4.78, 5) is 26.2. The van der Waals surface area contributed by atoms with Crippen LogP contribution in [-0.4, -0.2) is 48.2 Å². The summed E-state index contributed by atoms with van der Waals surface area (Å²) in [5, 5.41) is 9.51. The van der Waals surface area contributed by atoms with Gasteiger partial charge in [-0.05, 0) is 68.6 Å². The molecule has 146 valence electrons. The van der Waals surface area contributed by atoms with Crippen LogP contribution in [0, 0.1) is 17.8 Å². The number of aliphatic carboxylic acids is 1. The maximum Gasteiger partial charge on any atom is 0.308 e. The first-order valence-electron chi connectivity index (χ1n) is 9.93. The summed E-state index contributed by atoms with van der Waals surface area (Å²) in [5.74, 6) is 0.393. The molecule has 1 N–H and O–H groups in total. The van der Waals surface area contributed by atoms with Crippen molar-refractivity contribution in [1.29, 1.82) is 0 Å². The molecule has 0 unspecified atom stereocenters. The Morgan fingerprint density at radius 3 is 2.44 bits per heavy atom. The Morgan fingerprint density at radius 1 is 1.07 bits per heavy atom. The lowest BCUT2D eigenvalue weighted by molar-refractivity contribution is -0.142. The predicted molar refractivity (Wildman–Crippen MR) is 99.1 cm³/mol. The summed E-state index contributed by atoms with van der Waals surface area (Å²) < 4.78 is 11.5. The molecule has 2 atom stereocenters. The molecule has 27 heavy (non-hydrogen) atoms. The first-order chi connectivity index (χ1) is 13.1. The van der Waals surface area contributed by atoms with Gasteiger partial charge in [-0.15, -0.1) is 0 Å². The monoisotopic (exact) mass is 373 g/mol. The lowest BCUT2D eigenvalue weighted by Gasteiger charge is -2.19. The van der Waals surface area contributed by atoms with Gasteiger partial charge in [-0.25, -0.2) is 0 Å². The molecule has 1 aromatic rings. The number of hydrogen-bond donors (Lipinski definition) is 1. The zero-order valence-corrected chi connectivity index (χ0v) is 15.7. The zero-order valence-electron chi connectivity index (χ0n) is 15.7. The van der Waals surface area contributed by atoms with Gasteiger partial charge in [0.05, 0.1) is 19.1 Å². The second-order valence-corrected chi connectivity index (χ2v) is 8.05. The normalized spacial score (nSPS) is 25.6. The summed E-state index contributed by atoms with van der Waals surface area (Å²) in [6.07, 6.45) is 6.86. The summed E-state index contributed by atoms with van der Waals surface area (Å²) in [7, 11) is 1.57. The number of methoxy groups -OCH3 is 1. The van der Waals surface area contributed by atoms with Crippen LogP contribution in [0.15, 0.2) is 18.2 Å². The number of carbonyl (C=O) groups excluding carboxylic acids is 1. The number of ether oxygens (including phenoxy) is 2. The van der Waals surface area contributed by atoms with Crippen molar-refractivity contribution in [3.05, 3.63) is 23.8 Å². The van der Waals surface area contributed by atoms with Crippen LogP contribution >= 0.6 is 0 Å². The van der Waals surface area contributed by atoms with Gasteiger partial charge in [-0.1, -0.05) is 0 Å². The molecule has 1 aromatic carbocycles. The Morgan fingerprint density at radius 2 is 1.81 bits per heavy atom. The zero-order chi connectivity index (χ0) is 19.0. The van der Waals surface area contributed by atoms with E-state index in [9.17, 15) is 14.7 Å². The molecule has 4 rings (SSSR count). The summed E-state index contributed by atoms with van der Waals surface area (Å²) >= 11 is 0. The van der Waals surface area contributed by atoms with Crippen molar-refractivity contribution in [2.24, 2.45) is 17.8 Å². The van der Waals surface area contributed by atoms with Gasteiger partial charge in [0.25, 0.3) is 5.91 Å². The highest BCUT2D eigenvalue weighted by atomic mass is 16.5. The average molecular weight is 373 g/mol. The summed E-state index contributed by atoms with van der Waals surface area (Å²) in [6, 6.07) is 5.27. The molecule has 0 spiro atoms. The van der Waals surface area contributed by atoms with Gasteiger partial charge in [-0.2, -0.15) is 0 Å². The maximum atomic E-state index is 13.0. The van der Waals surface area contributed by atoms with Crippen LogP contribution in [0.25, 0.3) is 0 Å². The van der Waals surface area contributed by atoms with E-state index in [0.717, 1.165) is 25.7 Å². The number of carboxylic acid groups (broad SMARTS) is 1. The molecule has 1 heterocycles. The Balaban J connectivity index is 1.49. The van der Waals surface area contributed by atoms with Gasteiger partial charge in [0.2, 0.25) is 0 Å². The largest absolute Gasteiger partial charge is 0.493 e. The third-order valence-electron chi connectivity index (χ3n) is 6.20. The number of carboxylic acids is 1. The van der Waals surface area contributed by atoms with Crippen molar-refractivity contribution in [3.63, 3.8) is 0 Å². The fourth-order valence-corrected chi connectivity index (χ4v) is 4.52. The molecule has 1 aliphatic heterocycles. The molecule has 6 heteroatoms.